The highest BCUT2D eigenvalue weighted by Crippen LogP contribution is 2.26. The Bertz CT molecular complexity index is 268. The molecule has 3 heteroatoms. The third kappa shape index (κ3) is 1.50. The van der Waals surface area contributed by atoms with E-state index in [0.717, 1.165) is 12.8 Å². The Labute approximate surface area is 75.6 Å². The van der Waals surface area contributed by atoms with Gasteiger partial charge in [-0.1, -0.05) is 6.07 Å². The Kier molecular flexibility index (Phi) is 2.13. The van der Waals surface area contributed by atoms with E-state index in [0.29, 0.717) is 6.42 Å². The van der Waals surface area contributed by atoms with Crippen molar-refractivity contribution in [3.05, 3.63) is 22.4 Å². The molecule has 1 atom stereocenters. The smallest absolute Gasteiger partial charge is 0.220 e. The van der Waals surface area contributed by atoms with E-state index in [-0.39, 0.29) is 11.9 Å². The fraction of sp³-hybridized carbons (Fsp3) is 0.444. The summed E-state index contributed by atoms with van der Waals surface area (Å²) in [5.41, 5.74) is 0. The van der Waals surface area contributed by atoms with Crippen LogP contribution in [0.2, 0.25) is 0 Å². The van der Waals surface area contributed by atoms with Crippen LogP contribution in [0, 0.1) is 0 Å². The number of carbonyl (C=O) groups excluding carboxylic acids is 1. The van der Waals surface area contributed by atoms with Gasteiger partial charge in [-0.3, -0.25) is 4.79 Å². The van der Waals surface area contributed by atoms with Gasteiger partial charge >= 0.3 is 0 Å². The van der Waals surface area contributed by atoms with Gasteiger partial charge in [0.2, 0.25) is 5.91 Å². The van der Waals surface area contributed by atoms with Gasteiger partial charge in [-0.05, 0) is 24.3 Å². The first-order valence-corrected chi connectivity index (χ1v) is 5.07. The number of piperidine rings is 1. The fourth-order valence-corrected chi connectivity index (χ4v) is 2.32. The summed E-state index contributed by atoms with van der Waals surface area (Å²) in [7, 11) is 0. The van der Waals surface area contributed by atoms with Crippen molar-refractivity contribution in [2.45, 2.75) is 25.3 Å². The standard InChI is InChI=1S/C9H11NOS/c11-9-5-1-3-7(10-9)8-4-2-6-12-8/h2,4,6-7H,1,3,5H2,(H,10,11). The molecule has 2 heterocycles. The van der Waals surface area contributed by atoms with E-state index in [2.05, 4.69) is 16.8 Å². The Morgan fingerprint density at radius 1 is 1.58 bits per heavy atom. The molecule has 0 aromatic carbocycles. The molecule has 0 bridgehead atoms. The van der Waals surface area contributed by atoms with Crippen molar-refractivity contribution in [1.29, 1.82) is 0 Å². The summed E-state index contributed by atoms with van der Waals surface area (Å²) in [6.45, 7) is 0. The summed E-state index contributed by atoms with van der Waals surface area (Å²) >= 11 is 1.72. The normalized spacial score (nSPS) is 23.7. The molecule has 64 valence electrons. The average molecular weight is 181 g/mol. The second-order valence-electron chi connectivity index (χ2n) is 3.03. The molecule has 1 unspecified atom stereocenters. The lowest BCUT2D eigenvalue weighted by atomic mass is 10.0. The van der Waals surface area contributed by atoms with Gasteiger partial charge in [0, 0.05) is 11.3 Å². The van der Waals surface area contributed by atoms with Crippen LogP contribution in [-0.4, -0.2) is 5.91 Å². The van der Waals surface area contributed by atoms with Gasteiger partial charge < -0.3 is 5.32 Å². The number of nitrogens with one attached hydrogen (secondary N) is 1. The molecule has 12 heavy (non-hydrogen) atoms. The zero-order chi connectivity index (χ0) is 8.39. The van der Waals surface area contributed by atoms with E-state index in [1.165, 1.54) is 4.88 Å². The topological polar surface area (TPSA) is 29.1 Å². The van der Waals surface area contributed by atoms with Crippen LogP contribution in [-0.2, 0) is 4.79 Å². The third-order valence-electron chi connectivity index (χ3n) is 2.12. The molecule has 0 saturated carbocycles. The summed E-state index contributed by atoms with van der Waals surface area (Å²) in [5.74, 6) is 0.194. The number of hydrogen-bond acceptors (Lipinski definition) is 2. The summed E-state index contributed by atoms with van der Waals surface area (Å²) in [5, 5.41) is 5.04. The second kappa shape index (κ2) is 3.27. The molecule has 1 saturated heterocycles. The lowest BCUT2D eigenvalue weighted by molar-refractivity contribution is -0.123. The van der Waals surface area contributed by atoms with Crippen LogP contribution in [0.5, 0.6) is 0 Å². The summed E-state index contributed by atoms with van der Waals surface area (Å²) in [6, 6.07) is 4.40. The van der Waals surface area contributed by atoms with Crippen LogP contribution in [0.1, 0.15) is 30.2 Å². The van der Waals surface area contributed by atoms with Crippen LogP contribution in [0.3, 0.4) is 0 Å². The van der Waals surface area contributed by atoms with E-state index >= 15 is 0 Å². The Hall–Kier alpha value is -0.830. The lowest BCUT2D eigenvalue weighted by Gasteiger charge is -2.21. The van der Waals surface area contributed by atoms with Crippen molar-refractivity contribution in [2.75, 3.05) is 0 Å². The zero-order valence-electron chi connectivity index (χ0n) is 6.75. The Balaban J connectivity index is 2.09. The predicted octanol–water partition coefficient (Wildman–Crippen LogP) is 2.09. The lowest BCUT2D eigenvalue weighted by Crippen LogP contribution is -2.31. The minimum atomic E-state index is 0.194. The number of hydrogen-bond donors (Lipinski definition) is 1. The van der Waals surface area contributed by atoms with E-state index in [4.69, 9.17) is 0 Å². The second-order valence-corrected chi connectivity index (χ2v) is 4.01. The third-order valence-corrected chi connectivity index (χ3v) is 3.10. The summed E-state index contributed by atoms with van der Waals surface area (Å²) in [4.78, 5) is 12.3. The molecule has 0 aliphatic carbocycles. The van der Waals surface area contributed by atoms with E-state index in [9.17, 15) is 4.79 Å². The van der Waals surface area contributed by atoms with Crippen LogP contribution >= 0.6 is 11.3 Å². The quantitative estimate of drug-likeness (QED) is 0.706. The minimum Gasteiger partial charge on any atom is -0.348 e. The number of carbonyl (C=O) groups is 1. The summed E-state index contributed by atoms with van der Waals surface area (Å²) < 4.78 is 0. The molecule has 1 aromatic heterocycles. The fourth-order valence-electron chi connectivity index (χ4n) is 1.51. The molecule has 0 spiro atoms. The molecule has 1 amide bonds. The first-order chi connectivity index (χ1) is 5.86. The molecular weight excluding hydrogens is 170 g/mol. The highest BCUT2D eigenvalue weighted by atomic mass is 32.1. The van der Waals surface area contributed by atoms with Crippen molar-refractivity contribution < 1.29 is 4.79 Å². The van der Waals surface area contributed by atoms with Gasteiger partial charge in [-0.2, -0.15) is 0 Å². The molecule has 2 nitrogen and oxygen atoms in total. The van der Waals surface area contributed by atoms with Gasteiger partial charge in [0.1, 0.15) is 0 Å². The molecular formula is C9H11NOS. The van der Waals surface area contributed by atoms with Gasteiger partial charge in [-0.15, -0.1) is 11.3 Å². The van der Waals surface area contributed by atoms with Crippen molar-refractivity contribution in [1.82, 2.24) is 5.32 Å². The van der Waals surface area contributed by atoms with Gasteiger partial charge in [0.05, 0.1) is 6.04 Å². The van der Waals surface area contributed by atoms with E-state index in [1.807, 2.05) is 6.07 Å². The molecule has 1 aromatic rings. The molecule has 1 fully saturated rings. The predicted molar refractivity (Wildman–Crippen MR) is 49.1 cm³/mol. The van der Waals surface area contributed by atoms with Crippen LogP contribution in [0.25, 0.3) is 0 Å². The van der Waals surface area contributed by atoms with Gasteiger partial charge in [0.15, 0.2) is 0 Å². The summed E-state index contributed by atoms with van der Waals surface area (Å²) in [6.07, 6.45) is 2.81. The first-order valence-electron chi connectivity index (χ1n) is 4.19. The molecule has 1 N–H and O–H groups in total. The van der Waals surface area contributed by atoms with Gasteiger partial charge in [0.25, 0.3) is 0 Å². The monoisotopic (exact) mass is 181 g/mol. The average Bonchev–Trinajstić information content (AvgIpc) is 2.56. The van der Waals surface area contributed by atoms with Crippen LogP contribution < -0.4 is 5.32 Å². The van der Waals surface area contributed by atoms with Crippen molar-refractivity contribution in [2.24, 2.45) is 0 Å². The molecule has 1 aliphatic rings. The minimum absolute atomic E-state index is 0.194. The molecule has 2 rings (SSSR count). The SMILES string of the molecule is O=C1CCCC(c2cccs2)N1. The van der Waals surface area contributed by atoms with Crippen molar-refractivity contribution in [3.8, 4) is 0 Å². The van der Waals surface area contributed by atoms with E-state index < -0.39 is 0 Å². The maximum Gasteiger partial charge on any atom is 0.220 e. The Morgan fingerprint density at radius 2 is 2.50 bits per heavy atom. The zero-order valence-corrected chi connectivity index (χ0v) is 7.56. The number of amides is 1. The molecule has 1 aliphatic heterocycles. The Morgan fingerprint density at radius 3 is 3.17 bits per heavy atom. The van der Waals surface area contributed by atoms with Crippen molar-refractivity contribution in [3.63, 3.8) is 0 Å². The number of rotatable bonds is 1. The maximum atomic E-state index is 11.1. The van der Waals surface area contributed by atoms with Gasteiger partial charge in [-0.25, -0.2) is 0 Å². The van der Waals surface area contributed by atoms with E-state index in [1.54, 1.807) is 11.3 Å². The molecule has 0 radical (unpaired) electrons. The highest BCUT2D eigenvalue weighted by Gasteiger charge is 2.19. The number of thiophene rings is 1. The van der Waals surface area contributed by atoms with Crippen LogP contribution in [0.4, 0.5) is 0 Å². The highest BCUT2D eigenvalue weighted by molar-refractivity contribution is 7.10. The largest absolute Gasteiger partial charge is 0.348 e. The maximum absolute atomic E-state index is 11.1. The first kappa shape index (κ1) is 7.80. The van der Waals surface area contributed by atoms with Crippen LogP contribution in [0.15, 0.2) is 17.5 Å². The van der Waals surface area contributed by atoms with Crippen molar-refractivity contribution >= 4 is 17.2 Å².